The largest absolute Gasteiger partial charge is 0.497 e. The number of aliphatic hydroxyl groups is 1. The monoisotopic (exact) mass is 630 g/mol. The quantitative estimate of drug-likeness (QED) is 0.285. The lowest BCUT2D eigenvalue weighted by Gasteiger charge is -2.49. The molecule has 1 N–H and O–H groups in total. The van der Waals surface area contributed by atoms with Crippen LogP contribution in [-0.2, 0) is 33.8 Å². The zero-order chi connectivity index (χ0) is 31.3. The Hall–Kier alpha value is -3.09. The number of aryl methyl sites for hydroxylation is 1. The van der Waals surface area contributed by atoms with Crippen LogP contribution < -0.4 is 4.74 Å². The molecule has 236 valence electrons. The molecule has 2 heterocycles. The number of aliphatic imine (C=N–C) groups is 1. The van der Waals surface area contributed by atoms with Crippen molar-refractivity contribution in [2.45, 2.75) is 67.6 Å². The Balaban J connectivity index is 1.51. The number of ether oxygens (including phenoxy) is 4. The SMILES string of the molecule is COc1ccc(CC[C@](O)(C2O[C@@H]3SC(N(C)C)=N[C@@H]3[C@@H](OCc3ccccc3)[C@@H]2OCc2ccccc2)C(F)(F)F)cc1. The first kappa shape index (κ1) is 32.3. The molecule has 0 saturated carbocycles. The lowest BCUT2D eigenvalue weighted by atomic mass is 9.81. The molecular weight excluding hydrogens is 593 g/mol. The molecule has 1 saturated heterocycles. The fourth-order valence-electron chi connectivity index (χ4n) is 5.40. The van der Waals surface area contributed by atoms with Crippen LogP contribution in [0, 0.1) is 0 Å². The van der Waals surface area contributed by atoms with E-state index in [0.717, 1.165) is 11.1 Å². The van der Waals surface area contributed by atoms with Crippen molar-refractivity contribution in [3.05, 3.63) is 102 Å². The van der Waals surface area contributed by atoms with E-state index < -0.39 is 48.0 Å². The zero-order valence-electron chi connectivity index (χ0n) is 24.8. The highest BCUT2D eigenvalue weighted by Gasteiger charge is 2.66. The van der Waals surface area contributed by atoms with Gasteiger partial charge in [-0.2, -0.15) is 13.2 Å². The number of nitrogens with zero attached hydrogens (tertiary/aromatic N) is 2. The smallest absolute Gasteiger partial charge is 0.419 e. The van der Waals surface area contributed by atoms with Crippen LogP contribution in [0.2, 0.25) is 0 Å². The molecule has 1 unspecified atom stereocenters. The Morgan fingerprint density at radius 3 is 1.93 bits per heavy atom. The van der Waals surface area contributed by atoms with Crippen molar-refractivity contribution in [1.29, 1.82) is 0 Å². The van der Waals surface area contributed by atoms with Crippen LogP contribution in [0.3, 0.4) is 0 Å². The first-order valence-corrected chi connectivity index (χ1v) is 15.3. The Kier molecular flexibility index (Phi) is 10.2. The predicted molar refractivity (Wildman–Crippen MR) is 164 cm³/mol. The van der Waals surface area contributed by atoms with E-state index in [1.165, 1.54) is 18.9 Å². The van der Waals surface area contributed by atoms with Crippen molar-refractivity contribution < 1.29 is 37.2 Å². The lowest BCUT2D eigenvalue weighted by Crippen LogP contribution is -2.68. The van der Waals surface area contributed by atoms with Crippen LogP contribution in [0.4, 0.5) is 13.2 Å². The number of rotatable bonds is 11. The predicted octanol–water partition coefficient (Wildman–Crippen LogP) is 5.85. The topological polar surface area (TPSA) is 72.8 Å². The molecule has 6 atom stereocenters. The van der Waals surface area contributed by atoms with Gasteiger partial charge in [0.15, 0.2) is 10.8 Å². The van der Waals surface area contributed by atoms with E-state index in [9.17, 15) is 5.11 Å². The average Bonchev–Trinajstić information content (AvgIpc) is 3.47. The highest BCUT2D eigenvalue weighted by atomic mass is 32.2. The molecule has 0 aliphatic carbocycles. The molecule has 0 aromatic heterocycles. The van der Waals surface area contributed by atoms with Gasteiger partial charge in [0.1, 0.15) is 35.5 Å². The molecule has 1 fully saturated rings. The maximum Gasteiger partial charge on any atom is 0.419 e. The third kappa shape index (κ3) is 7.24. The van der Waals surface area contributed by atoms with Gasteiger partial charge in [-0.1, -0.05) is 84.6 Å². The molecule has 11 heteroatoms. The van der Waals surface area contributed by atoms with Gasteiger partial charge in [0, 0.05) is 14.1 Å². The minimum absolute atomic E-state index is 0.00222. The Labute approximate surface area is 260 Å². The Morgan fingerprint density at radius 2 is 1.41 bits per heavy atom. The van der Waals surface area contributed by atoms with E-state index in [1.54, 1.807) is 29.2 Å². The summed E-state index contributed by atoms with van der Waals surface area (Å²) in [5.74, 6) is 0.587. The van der Waals surface area contributed by atoms with Crippen LogP contribution in [0.25, 0.3) is 0 Å². The molecule has 2 aliphatic heterocycles. The van der Waals surface area contributed by atoms with Gasteiger partial charge in [-0.25, -0.2) is 0 Å². The molecule has 0 spiro atoms. The van der Waals surface area contributed by atoms with Gasteiger partial charge in [0.25, 0.3) is 0 Å². The molecule has 0 bridgehead atoms. The highest BCUT2D eigenvalue weighted by Crippen LogP contribution is 2.47. The fourth-order valence-corrected chi connectivity index (χ4v) is 6.54. The van der Waals surface area contributed by atoms with E-state index in [2.05, 4.69) is 0 Å². The number of alkyl halides is 3. The summed E-state index contributed by atoms with van der Waals surface area (Å²) in [6.07, 6.45) is -9.77. The maximum atomic E-state index is 15.1. The number of fused-ring (bicyclic) bond motifs is 1. The second-order valence-electron chi connectivity index (χ2n) is 11.1. The molecule has 3 aromatic carbocycles. The summed E-state index contributed by atoms with van der Waals surface area (Å²) in [7, 11) is 5.14. The van der Waals surface area contributed by atoms with E-state index >= 15 is 13.2 Å². The Bertz CT molecular complexity index is 1380. The van der Waals surface area contributed by atoms with Crippen LogP contribution in [0.15, 0.2) is 89.9 Å². The number of hydrogen-bond donors (Lipinski definition) is 1. The van der Waals surface area contributed by atoms with Gasteiger partial charge >= 0.3 is 6.18 Å². The van der Waals surface area contributed by atoms with Crippen LogP contribution >= 0.6 is 11.8 Å². The van der Waals surface area contributed by atoms with Crippen LogP contribution in [0.1, 0.15) is 23.1 Å². The van der Waals surface area contributed by atoms with Crippen LogP contribution in [0.5, 0.6) is 5.75 Å². The molecule has 2 aliphatic rings. The second kappa shape index (κ2) is 13.9. The minimum Gasteiger partial charge on any atom is -0.497 e. The minimum atomic E-state index is -5.04. The molecular formula is C33H37F3N2O5S. The second-order valence-corrected chi connectivity index (χ2v) is 12.2. The highest BCUT2D eigenvalue weighted by molar-refractivity contribution is 8.14. The van der Waals surface area contributed by atoms with Crippen molar-refractivity contribution in [3.8, 4) is 5.75 Å². The lowest BCUT2D eigenvalue weighted by molar-refractivity contribution is -0.333. The van der Waals surface area contributed by atoms with Gasteiger partial charge in [-0.05, 0) is 41.7 Å². The standard InChI is InChI=1S/C33H37F3N2O5S/c1-38(2)31-37-26-27(41-20-23-10-6-4-7-11-23)28(42-21-24-12-8-5-9-13-24)29(43-30(26)44-31)32(39,33(34,35)36)19-18-22-14-16-25(40-3)17-15-22/h4-17,26-30,39H,18-21H2,1-3H3/t26-,27-,28+,29?,30-,32+/m1/s1. The fraction of sp³-hybridized carbons (Fsp3) is 0.424. The number of thioether (sulfide) groups is 1. The van der Waals surface area contributed by atoms with E-state index in [0.29, 0.717) is 16.5 Å². The normalized spacial score (nSPS) is 24.7. The summed E-state index contributed by atoms with van der Waals surface area (Å²) < 4.78 is 69.3. The number of hydrogen-bond acceptors (Lipinski definition) is 8. The number of benzene rings is 3. The molecule has 0 amide bonds. The Morgan fingerprint density at radius 1 is 0.841 bits per heavy atom. The summed E-state index contributed by atoms with van der Waals surface area (Å²) in [6.45, 7) is 0.123. The first-order valence-electron chi connectivity index (χ1n) is 14.4. The summed E-state index contributed by atoms with van der Waals surface area (Å²) >= 11 is 1.22. The van der Waals surface area contributed by atoms with Gasteiger partial charge in [-0.15, -0.1) is 0 Å². The summed E-state index contributed by atoms with van der Waals surface area (Å²) in [6, 6.07) is 24.6. The molecule has 5 rings (SSSR count). The number of amidine groups is 1. The van der Waals surface area contributed by atoms with Crippen molar-refractivity contribution in [3.63, 3.8) is 0 Å². The van der Waals surface area contributed by atoms with Crippen molar-refractivity contribution >= 4 is 16.9 Å². The third-order valence-corrected chi connectivity index (χ3v) is 9.17. The number of halogens is 3. The van der Waals surface area contributed by atoms with Gasteiger partial charge in [-0.3, -0.25) is 4.99 Å². The maximum absolute atomic E-state index is 15.1. The summed E-state index contributed by atoms with van der Waals surface area (Å²) in [5.41, 5.74) is -1.84. The van der Waals surface area contributed by atoms with Crippen molar-refractivity contribution in [2.24, 2.45) is 4.99 Å². The molecule has 3 aromatic rings. The van der Waals surface area contributed by atoms with Gasteiger partial charge in [0.05, 0.1) is 20.3 Å². The molecule has 7 nitrogen and oxygen atoms in total. The van der Waals surface area contributed by atoms with E-state index in [1.807, 2.05) is 74.8 Å². The number of methoxy groups -OCH3 is 1. The zero-order valence-corrected chi connectivity index (χ0v) is 25.6. The van der Waals surface area contributed by atoms with Crippen molar-refractivity contribution in [2.75, 3.05) is 21.2 Å². The van der Waals surface area contributed by atoms with E-state index in [-0.39, 0.29) is 19.6 Å². The molecule has 44 heavy (non-hydrogen) atoms. The van der Waals surface area contributed by atoms with Gasteiger partial charge in [0.2, 0.25) is 0 Å². The van der Waals surface area contributed by atoms with Crippen molar-refractivity contribution in [1.82, 2.24) is 4.90 Å². The van der Waals surface area contributed by atoms with Crippen LogP contribution in [-0.4, -0.2) is 77.9 Å². The molecule has 0 radical (unpaired) electrons. The van der Waals surface area contributed by atoms with E-state index in [4.69, 9.17) is 23.9 Å². The first-order chi connectivity index (χ1) is 21.1. The average molecular weight is 631 g/mol. The third-order valence-electron chi connectivity index (χ3n) is 7.87. The van der Waals surface area contributed by atoms with Gasteiger partial charge < -0.3 is 29.0 Å². The summed E-state index contributed by atoms with van der Waals surface area (Å²) in [5, 5.41) is 12.3. The summed E-state index contributed by atoms with van der Waals surface area (Å²) in [4.78, 5) is 6.58.